The number of pyridine rings is 1. The summed E-state index contributed by atoms with van der Waals surface area (Å²) in [6.07, 6.45) is 0. The SMILES string of the molecule is [2H]C([2H])([2H])[Si]1(C)c2c(C)n(C(C)C)[n+]3c4c(C(C)C)cccc4c4c(C)ccc(c4c23)C1(C)C. The van der Waals surface area contributed by atoms with Crippen LogP contribution in [0.4, 0.5) is 0 Å². The number of nitrogens with zero attached hydrogens (tertiary/aromatic N) is 2. The van der Waals surface area contributed by atoms with Gasteiger partial charge in [0.05, 0.1) is 22.5 Å². The Kier molecular flexibility index (Phi) is 3.50. The lowest BCUT2D eigenvalue weighted by atomic mass is 9.88. The monoisotopic (exact) mass is 432 g/mol. The van der Waals surface area contributed by atoms with Crippen molar-refractivity contribution in [2.45, 2.75) is 85.4 Å². The molecule has 1 aliphatic rings. The second-order valence-corrected chi connectivity index (χ2v) is 14.9. The van der Waals surface area contributed by atoms with Crippen LogP contribution in [-0.2, 0) is 5.04 Å². The van der Waals surface area contributed by atoms with E-state index in [1.807, 2.05) is 0 Å². The van der Waals surface area contributed by atoms with Crippen LogP contribution in [0.15, 0.2) is 30.3 Å². The summed E-state index contributed by atoms with van der Waals surface area (Å²) in [6.45, 7) is 17.8. The summed E-state index contributed by atoms with van der Waals surface area (Å²) in [5.41, 5.74) is 7.24. The number of rotatable bonds is 2. The van der Waals surface area contributed by atoms with E-state index in [1.165, 1.54) is 38.4 Å². The minimum atomic E-state index is -3.05. The molecule has 4 aromatic rings. The third-order valence-corrected chi connectivity index (χ3v) is 12.5. The van der Waals surface area contributed by atoms with Crippen LogP contribution >= 0.6 is 0 Å². The van der Waals surface area contributed by atoms with Crippen molar-refractivity contribution in [1.29, 1.82) is 0 Å². The van der Waals surface area contributed by atoms with E-state index in [4.69, 9.17) is 4.11 Å². The molecule has 3 heterocycles. The minimum absolute atomic E-state index is 0.200. The van der Waals surface area contributed by atoms with Gasteiger partial charge >= 0.3 is 0 Å². The van der Waals surface area contributed by atoms with Crippen molar-refractivity contribution >= 4 is 40.5 Å². The number of aromatic nitrogens is 2. The molecule has 31 heavy (non-hydrogen) atoms. The van der Waals surface area contributed by atoms with Gasteiger partial charge in [0, 0.05) is 20.2 Å². The molecular weight excluding hydrogens is 392 g/mol. The molecule has 0 saturated carbocycles. The smallest absolute Gasteiger partial charge is 0.149 e. The Labute approximate surface area is 192 Å². The van der Waals surface area contributed by atoms with E-state index in [0.29, 0.717) is 5.92 Å². The van der Waals surface area contributed by atoms with Crippen LogP contribution in [0.1, 0.15) is 80.0 Å². The molecule has 2 aromatic heterocycles. The van der Waals surface area contributed by atoms with E-state index in [2.05, 4.69) is 101 Å². The van der Waals surface area contributed by atoms with E-state index >= 15 is 0 Å². The molecule has 1 aliphatic heterocycles. The Morgan fingerprint density at radius 2 is 1.71 bits per heavy atom. The lowest BCUT2D eigenvalue weighted by molar-refractivity contribution is -0.586. The van der Waals surface area contributed by atoms with Crippen LogP contribution in [0, 0.1) is 13.8 Å². The standard InChI is InChI=1S/C28H37N2Si/c1-16(2)20-12-11-13-21-23-18(5)14-15-22-24(23)26-27(31(9,10)28(22,7)8)19(6)29(17(3)4)30(26)25(20)21/h11-17H,1-10H3/q+1/i9D3. The maximum absolute atomic E-state index is 8.88. The van der Waals surface area contributed by atoms with Gasteiger partial charge in [0.25, 0.3) is 0 Å². The van der Waals surface area contributed by atoms with Crippen molar-refractivity contribution in [3.8, 4) is 0 Å². The predicted molar refractivity (Wildman–Crippen MR) is 137 cm³/mol. The van der Waals surface area contributed by atoms with Gasteiger partial charge in [0.2, 0.25) is 11.0 Å². The number of aryl methyl sites for hydroxylation is 1. The normalized spacial score (nSPS) is 22.1. The van der Waals surface area contributed by atoms with Crippen LogP contribution in [-0.4, -0.2) is 12.8 Å². The van der Waals surface area contributed by atoms with Crippen molar-refractivity contribution < 1.29 is 8.63 Å². The topological polar surface area (TPSA) is 9.03 Å². The summed E-state index contributed by atoms with van der Waals surface area (Å²) >= 11 is 0. The summed E-state index contributed by atoms with van der Waals surface area (Å²) in [5, 5.41) is 4.48. The van der Waals surface area contributed by atoms with Crippen molar-refractivity contribution in [3.05, 3.63) is 52.7 Å². The Balaban J connectivity index is 2.28. The quantitative estimate of drug-likeness (QED) is 0.192. The van der Waals surface area contributed by atoms with Gasteiger partial charge in [-0.25, -0.2) is 0 Å². The number of hydrogen-bond donors (Lipinski definition) is 0. The zero-order chi connectivity index (χ0) is 25.1. The molecule has 0 radical (unpaired) electrons. The molecular formula is C28H37N2Si+. The maximum Gasteiger partial charge on any atom is 0.247 e. The van der Waals surface area contributed by atoms with Gasteiger partial charge in [0.15, 0.2) is 0 Å². The van der Waals surface area contributed by atoms with E-state index in [0.717, 1.165) is 16.4 Å². The number of fused-ring (bicyclic) bond motifs is 3. The number of benzene rings is 2. The van der Waals surface area contributed by atoms with Gasteiger partial charge in [-0.2, -0.15) is 0 Å². The fourth-order valence-corrected chi connectivity index (χ4v) is 9.10. The average molecular weight is 433 g/mol. The number of hydrogen-bond acceptors (Lipinski definition) is 0. The molecule has 2 nitrogen and oxygen atoms in total. The van der Waals surface area contributed by atoms with Gasteiger partial charge < -0.3 is 0 Å². The minimum Gasteiger partial charge on any atom is -0.149 e. The molecule has 1 atom stereocenters. The van der Waals surface area contributed by atoms with Crippen molar-refractivity contribution in [2.24, 2.45) is 0 Å². The van der Waals surface area contributed by atoms with Crippen LogP contribution in [0.3, 0.4) is 0 Å². The summed E-state index contributed by atoms with van der Waals surface area (Å²) in [5.74, 6) is 0.352. The van der Waals surface area contributed by atoms with Gasteiger partial charge in [-0.3, -0.25) is 0 Å². The first-order chi connectivity index (χ1) is 15.7. The van der Waals surface area contributed by atoms with Crippen molar-refractivity contribution in [1.82, 2.24) is 4.68 Å². The third kappa shape index (κ3) is 2.31. The van der Waals surface area contributed by atoms with E-state index in [1.54, 1.807) is 0 Å². The average Bonchev–Trinajstić information content (AvgIpc) is 3.04. The Hall–Kier alpha value is -2.13. The highest BCUT2D eigenvalue weighted by Gasteiger charge is 2.52. The molecule has 2 aromatic carbocycles. The second kappa shape index (κ2) is 6.22. The van der Waals surface area contributed by atoms with Gasteiger partial charge in [-0.15, -0.1) is 4.68 Å². The molecule has 0 aliphatic carbocycles. The Morgan fingerprint density at radius 3 is 2.32 bits per heavy atom. The van der Waals surface area contributed by atoms with E-state index in [9.17, 15) is 0 Å². The summed E-state index contributed by atoms with van der Waals surface area (Å²) in [6, 6.07) is 11.3. The molecule has 0 spiro atoms. The lowest BCUT2D eigenvalue weighted by Crippen LogP contribution is -2.60. The fraction of sp³-hybridized carbons (Fsp3) is 0.464. The maximum atomic E-state index is 8.88. The first-order valence-corrected chi connectivity index (χ1v) is 14.1. The fourth-order valence-electron chi connectivity index (χ4n) is 6.18. The van der Waals surface area contributed by atoms with E-state index < -0.39 is 19.6 Å². The third-order valence-electron chi connectivity index (χ3n) is 8.10. The van der Waals surface area contributed by atoms with Crippen LogP contribution in [0.2, 0.25) is 13.0 Å². The summed E-state index contributed by atoms with van der Waals surface area (Å²) in [4.78, 5) is 0. The van der Waals surface area contributed by atoms with Gasteiger partial charge in [-0.1, -0.05) is 69.5 Å². The molecule has 3 heteroatoms. The molecule has 0 saturated heterocycles. The summed E-state index contributed by atoms with van der Waals surface area (Å²) in [7, 11) is -3.05. The first-order valence-electron chi connectivity index (χ1n) is 13.1. The Morgan fingerprint density at radius 1 is 1.00 bits per heavy atom. The highest BCUT2D eigenvalue weighted by Crippen LogP contribution is 2.46. The van der Waals surface area contributed by atoms with Crippen molar-refractivity contribution in [2.75, 3.05) is 0 Å². The zero-order valence-electron chi connectivity index (χ0n) is 23.4. The second-order valence-electron chi connectivity index (χ2n) is 10.9. The molecule has 0 amide bonds. The molecule has 5 rings (SSSR count). The lowest BCUT2D eigenvalue weighted by Gasteiger charge is -2.43. The number of para-hydroxylation sites is 1. The van der Waals surface area contributed by atoms with Gasteiger partial charge in [0.1, 0.15) is 8.07 Å². The van der Waals surface area contributed by atoms with Crippen molar-refractivity contribution in [3.63, 3.8) is 0 Å². The highest BCUT2D eigenvalue weighted by molar-refractivity contribution is 6.94. The highest BCUT2D eigenvalue weighted by atomic mass is 28.3. The van der Waals surface area contributed by atoms with Crippen LogP contribution in [0.25, 0.3) is 27.2 Å². The predicted octanol–water partition coefficient (Wildman–Crippen LogP) is 6.60. The van der Waals surface area contributed by atoms with E-state index in [-0.39, 0.29) is 6.04 Å². The van der Waals surface area contributed by atoms with Gasteiger partial charge in [-0.05, 0) is 55.8 Å². The Bertz CT molecular complexity index is 1510. The molecule has 0 bridgehead atoms. The molecule has 162 valence electrons. The van der Waals surface area contributed by atoms with Crippen LogP contribution < -0.4 is 9.70 Å². The molecule has 0 N–H and O–H groups in total. The first kappa shape index (κ1) is 17.4. The molecule has 1 unspecified atom stereocenters. The zero-order valence-corrected chi connectivity index (χ0v) is 21.4. The van der Waals surface area contributed by atoms with Crippen LogP contribution in [0.5, 0.6) is 0 Å². The largest absolute Gasteiger partial charge is 0.247 e. The molecule has 0 fully saturated rings. The summed E-state index contributed by atoms with van der Waals surface area (Å²) < 4.78 is 31.4.